The molecule has 13 nitrogen and oxygen atoms in total. The Bertz CT molecular complexity index is 895. The number of methoxy groups -OCH3 is 1. The first-order valence-corrected chi connectivity index (χ1v) is 7.94. The molecule has 0 saturated heterocycles. The van der Waals surface area contributed by atoms with Gasteiger partial charge in [0.2, 0.25) is 11.5 Å². The highest BCUT2D eigenvalue weighted by Gasteiger charge is 2.23. The van der Waals surface area contributed by atoms with Crippen molar-refractivity contribution in [3.8, 4) is 5.75 Å². The molecule has 4 N–H and O–H groups in total. The van der Waals surface area contributed by atoms with Crippen LogP contribution in [0.2, 0.25) is 0 Å². The molecule has 0 aliphatic heterocycles. The molecule has 0 bridgehead atoms. The van der Waals surface area contributed by atoms with Gasteiger partial charge in [-0.05, 0) is 10.3 Å². The summed E-state index contributed by atoms with van der Waals surface area (Å²) >= 11 is 0. The number of rotatable bonds is 8. The summed E-state index contributed by atoms with van der Waals surface area (Å²) in [7, 11) is 4.64. The van der Waals surface area contributed by atoms with Crippen molar-refractivity contribution >= 4 is 29.0 Å². The fourth-order valence-corrected chi connectivity index (χ4v) is 2.29. The van der Waals surface area contributed by atoms with E-state index in [2.05, 4.69) is 25.6 Å². The van der Waals surface area contributed by atoms with Crippen LogP contribution < -0.4 is 26.0 Å². The number of carbonyl (C=O) groups excluding carboxylic acids is 2. The Hall–Kier alpha value is -3.90. The minimum Gasteiger partial charge on any atom is -0.496 e. The second-order valence-corrected chi connectivity index (χ2v) is 5.70. The molecule has 2 aromatic rings. The van der Waals surface area contributed by atoms with Gasteiger partial charge in [0.1, 0.15) is 11.4 Å². The zero-order valence-corrected chi connectivity index (χ0v) is 15.4. The molecule has 150 valence electrons. The summed E-state index contributed by atoms with van der Waals surface area (Å²) < 4.78 is 9.50. The molecular weight excluding hydrogens is 374 g/mol. The van der Waals surface area contributed by atoms with Crippen LogP contribution in [0.1, 0.15) is 20.8 Å². The highest BCUT2D eigenvalue weighted by Crippen LogP contribution is 2.34. The van der Waals surface area contributed by atoms with Crippen LogP contribution in [0, 0.1) is 10.1 Å². The standard InChI is InChI=1S/C15H19N7O6/c1-21(2)9-7-11(27-3)8(6-10(9)22(25)26)14(23)17-4-5-18-15(24)12-13(16)20-28-19-12/h6-7H,4-5H2,1-3H3,(H2,16,20)(H,17,23)(H,18,24). The summed E-state index contributed by atoms with van der Waals surface area (Å²) in [6, 6.07) is 2.55. The van der Waals surface area contributed by atoms with Crippen LogP contribution in [-0.4, -0.2) is 61.3 Å². The number of hydrogen-bond donors (Lipinski definition) is 3. The van der Waals surface area contributed by atoms with Gasteiger partial charge in [-0.3, -0.25) is 19.7 Å². The van der Waals surface area contributed by atoms with Crippen LogP contribution in [0.25, 0.3) is 0 Å². The number of benzene rings is 1. The minimum absolute atomic E-state index is 0.00364. The lowest BCUT2D eigenvalue weighted by Crippen LogP contribution is -2.35. The van der Waals surface area contributed by atoms with Crippen molar-refractivity contribution in [1.29, 1.82) is 0 Å². The third kappa shape index (κ3) is 4.44. The van der Waals surface area contributed by atoms with Crippen molar-refractivity contribution in [2.75, 3.05) is 44.9 Å². The second kappa shape index (κ2) is 8.66. The SMILES string of the molecule is COc1cc(N(C)C)c([N+](=O)[O-])cc1C(=O)NCCNC(=O)c1nonc1N. The van der Waals surface area contributed by atoms with E-state index in [1.54, 1.807) is 19.0 Å². The quantitative estimate of drug-likeness (QED) is 0.309. The molecule has 0 saturated carbocycles. The number of hydrogen-bond acceptors (Lipinski definition) is 10. The number of nitro benzene ring substituents is 1. The third-order valence-electron chi connectivity index (χ3n) is 3.64. The lowest BCUT2D eigenvalue weighted by molar-refractivity contribution is -0.384. The summed E-state index contributed by atoms with van der Waals surface area (Å²) in [4.78, 5) is 36.5. The third-order valence-corrected chi connectivity index (χ3v) is 3.64. The molecule has 1 aromatic heterocycles. The molecule has 0 aliphatic rings. The van der Waals surface area contributed by atoms with Gasteiger partial charge in [0, 0.05) is 39.3 Å². The average molecular weight is 393 g/mol. The molecule has 2 rings (SSSR count). The largest absolute Gasteiger partial charge is 0.496 e. The lowest BCUT2D eigenvalue weighted by Gasteiger charge is -2.16. The Morgan fingerprint density at radius 1 is 1.25 bits per heavy atom. The van der Waals surface area contributed by atoms with Crippen LogP contribution in [0.5, 0.6) is 5.75 Å². The van der Waals surface area contributed by atoms with Crippen molar-refractivity contribution in [1.82, 2.24) is 20.9 Å². The number of nitrogens with two attached hydrogens (primary N) is 1. The van der Waals surface area contributed by atoms with E-state index in [1.807, 2.05) is 0 Å². The first-order chi connectivity index (χ1) is 13.3. The van der Waals surface area contributed by atoms with E-state index in [0.717, 1.165) is 6.07 Å². The number of amides is 2. The molecule has 0 spiro atoms. The summed E-state index contributed by atoms with van der Waals surface area (Å²) in [6.45, 7) is 0.0964. The van der Waals surface area contributed by atoms with Crippen molar-refractivity contribution in [2.45, 2.75) is 0 Å². The highest BCUT2D eigenvalue weighted by molar-refractivity contribution is 5.99. The number of ether oxygens (including phenoxy) is 1. The van der Waals surface area contributed by atoms with Gasteiger partial charge in [-0.25, -0.2) is 4.63 Å². The van der Waals surface area contributed by atoms with Gasteiger partial charge in [-0.1, -0.05) is 0 Å². The first kappa shape index (κ1) is 20.4. The highest BCUT2D eigenvalue weighted by atomic mass is 16.6. The fourth-order valence-electron chi connectivity index (χ4n) is 2.29. The van der Waals surface area contributed by atoms with E-state index in [-0.39, 0.29) is 41.6 Å². The van der Waals surface area contributed by atoms with Gasteiger partial charge < -0.3 is 26.0 Å². The van der Waals surface area contributed by atoms with Crippen LogP contribution >= 0.6 is 0 Å². The molecule has 1 heterocycles. The molecule has 0 aliphatic carbocycles. The number of nitrogens with one attached hydrogen (secondary N) is 2. The second-order valence-electron chi connectivity index (χ2n) is 5.70. The van der Waals surface area contributed by atoms with Gasteiger partial charge in [-0.2, -0.15) is 0 Å². The van der Waals surface area contributed by atoms with Gasteiger partial charge in [-0.15, -0.1) is 0 Å². The van der Waals surface area contributed by atoms with E-state index in [1.165, 1.54) is 13.2 Å². The Labute approximate surface area is 158 Å². The Balaban J connectivity index is 2.05. The van der Waals surface area contributed by atoms with E-state index in [0.29, 0.717) is 5.69 Å². The van der Waals surface area contributed by atoms with Gasteiger partial charge in [0.25, 0.3) is 17.5 Å². The molecule has 0 fully saturated rings. The van der Waals surface area contributed by atoms with Crippen molar-refractivity contribution in [3.63, 3.8) is 0 Å². The van der Waals surface area contributed by atoms with Crippen LogP contribution in [-0.2, 0) is 0 Å². The number of carbonyl (C=O) groups is 2. The van der Waals surface area contributed by atoms with E-state index >= 15 is 0 Å². The smallest absolute Gasteiger partial charge is 0.293 e. The predicted molar refractivity (Wildman–Crippen MR) is 97.4 cm³/mol. The maximum Gasteiger partial charge on any atom is 0.293 e. The molecule has 2 amide bonds. The fraction of sp³-hybridized carbons (Fsp3) is 0.333. The van der Waals surface area contributed by atoms with Crippen LogP contribution in [0.15, 0.2) is 16.8 Å². The van der Waals surface area contributed by atoms with E-state index < -0.39 is 16.7 Å². The summed E-state index contributed by atoms with van der Waals surface area (Å²) in [6.07, 6.45) is 0. The first-order valence-electron chi connectivity index (χ1n) is 7.94. The molecule has 0 atom stereocenters. The summed E-state index contributed by atoms with van der Waals surface area (Å²) in [5.41, 5.74) is 5.29. The predicted octanol–water partition coefficient (Wildman–Crippen LogP) is -0.206. The van der Waals surface area contributed by atoms with Gasteiger partial charge in [0.05, 0.1) is 17.6 Å². The lowest BCUT2D eigenvalue weighted by atomic mass is 10.1. The number of anilines is 2. The average Bonchev–Trinajstić information content (AvgIpc) is 3.09. The topological polar surface area (TPSA) is 179 Å². The Kier molecular flexibility index (Phi) is 6.31. The number of nitro groups is 1. The molecule has 0 radical (unpaired) electrons. The summed E-state index contributed by atoms with van der Waals surface area (Å²) in [5, 5.41) is 23.0. The van der Waals surface area contributed by atoms with Crippen molar-refractivity contribution in [3.05, 3.63) is 33.5 Å². The van der Waals surface area contributed by atoms with Crippen LogP contribution in [0.3, 0.4) is 0 Å². The normalized spacial score (nSPS) is 10.2. The van der Waals surface area contributed by atoms with Gasteiger partial charge in [0.15, 0.2) is 0 Å². The maximum absolute atomic E-state index is 12.4. The zero-order valence-electron chi connectivity index (χ0n) is 15.4. The van der Waals surface area contributed by atoms with E-state index in [4.69, 9.17) is 10.5 Å². The van der Waals surface area contributed by atoms with Crippen LogP contribution in [0.4, 0.5) is 17.2 Å². The zero-order chi connectivity index (χ0) is 20.8. The van der Waals surface area contributed by atoms with Gasteiger partial charge >= 0.3 is 0 Å². The Morgan fingerprint density at radius 2 is 1.89 bits per heavy atom. The number of nitrogen functional groups attached to an aromatic ring is 1. The van der Waals surface area contributed by atoms with E-state index in [9.17, 15) is 19.7 Å². The maximum atomic E-state index is 12.4. The molecule has 1 aromatic carbocycles. The summed E-state index contributed by atoms with van der Waals surface area (Å²) in [5.74, 6) is -1.18. The number of aromatic nitrogens is 2. The monoisotopic (exact) mass is 393 g/mol. The molecule has 13 heteroatoms. The van der Waals surface area contributed by atoms with Crippen molar-refractivity contribution < 1.29 is 23.9 Å². The Morgan fingerprint density at radius 3 is 2.39 bits per heavy atom. The molecule has 0 unspecified atom stereocenters. The van der Waals surface area contributed by atoms with Crippen molar-refractivity contribution in [2.24, 2.45) is 0 Å². The molecule has 28 heavy (non-hydrogen) atoms. The minimum atomic E-state index is -0.614. The number of nitrogens with zero attached hydrogens (tertiary/aromatic N) is 4. The molecular formula is C15H19N7O6.